The molecule has 170 valence electrons. The molecule has 1 amide bonds. The van der Waals surface area contributed by atoms with Gasteiger partial charge in [-0.05, 0) is 59.2 Å². The van der Waals surface area contributed by atoms with Gasteiger partial charge >= 0.3 is 0 Å². The molecule has 0 unspecified atom stereocenters. The van der Waals surface area contributed by atoms with Gasteiger partial charge in [-0.15, -0.1) is 0 Å². The Hall–Kier alpha value is -4.36. The highest BCUT2D eigenvalue weighted by molar-refractivity contribution is 7.92. The topological polar surface area (TPSA) is 101 Å². The number of nitrogen functional groups attached to an aromatic ring is 1. The van der Waals surface area contributed by atoms with E-state index < -0.39 is 10.0 Å². The number of anilines is 3. The van der Waals surface area contributed by atoms with Crippen molar-refractivity contribution in [3.8, 4) is 11.1 Å². The minimum Gasteiger partial charge on any atom is -0.397 e. The number of nitrogens with one attached hydrogen (secondary N) is 2. The first-order valence-electron chi connectivity index (χ1n) is 10.5. The Bertz CT molecular complexity index is 1410. The van der Waals surface area contributed by atoms with Crippen LogP contribution in [0.2, 0.25) is 0 Å². The van der Waals surface area contributed by atoms with Crippen LogP contribution in [0.15, 0.2) is 114 Å². The number of amides is 1. The predicted octanol–water partition coefficient (Wildman–Crippen LogP) is 5.39. The molecule has 0 aliphatic carbocycles. The van der Waals surface area contributed by atoms with Crippen LogP contribution in [0.25, 0.3) is 17.2 Å². The van der Waals surface area contributed by atoms with Gasteiger partial charge in [0.25, 0.3) is 10.0 Å². The van der Waals surface area contributed by atoms with Gasteiger partial charge in [-0.2, -0.15) is 0 Å². The smallest absolute Gasteiger partial charge is 0.261 e. The first-order chi connectivity index (χ1) is 16.4. The molecule has 0 atom stereocenters. The maximum absolute atomic E-state index is 12.8. The van der Waals surface area contributed by atoms with Crippen molar-refractivity contribution < 1.29 is 13.2 Å². The zero-order valence-corrected chi connectivity index (χ0v) is 19.0. The third kappa shape index (κ3) is 5.70. The van der Waals surface area contributed by atoms with Gasteiger partial charge in [-0.1, -0.05) is 66.7 Å². The number of rotatable bonds is 7. The summed E-state index contributed by atoms with van der Waals surface area (Å²) in [6.07, 6.45) is 2.96. The molecule has 0 aliphatic rings. The van der Waals surface area contributed by atoms with E-state index in [1.54, 1.807) is 54.6 Å². The van der Waals surface area contributed by atoms with Gasteiger partial charge < -0.3 is 11.1 Å². The van der Waals surface area contributed by atoms with E-state index in [0.29, 0.717) is 22.6 Å². The van der Waals surface area contributed by atoms with E-state index in [1.165, 1.54) is 18.2 Å². The highest BCUT2D eigenvalue weighted by Gasteiger charge is 2.14. The van der Waals surface area contributed by atoms with E-state index >= 15 is 0 Å². The van der Waals surface area contributed by atoms with Crippen LogP contribution in [0.4, 0.5) is 17.1 Å². The first-order valence-corrected chi connectivity index (χ1v) is 12.0. The summed E-state index contributed by atoms with van der Waals surface area (Å²) in [5.41, 5.74) is 10.0. The summed E-state index contributed by atoms with van der Waals surface area (Å²) in [7, 11) is -3.75. The zero-order valence-electron chi connectivity index (χ0n) is 18.2. The fraction of sp³-hybridized carbons (Fsp3) is 0. The summed E-state index contributed by atoms with van der Waals surface area (Å²) in [6, 6.07) is 30.3. The molecule has 0 aliphatic heterocycles. The number of nitrogens with two attached hydrogens (primary N) is 1. The molecule has 0 saturated heterocycles. The average Bonchev–Trinajstić information content (AvgIpc) is 2.85. The Morgan fingerprint density at radius 3 is 2.03 bits per heavy atom. The Labute approximate surface area is 198 Å². The number of hydrogen-bond donors (Lipinski definition) is 3. The van der Waals surface area contributed by atoms with Crippen molar-refractivity contribution in [2.24, 2.45) is 0 Å². The van der Waals surface area contributed by atoms with Crippen LogP contribution >= 0.6 is 0 Å². The minimum absolute atomic E-state index is 0.123. The van der Waals surface area contributed by atoms with Gasteiger partial charge in [0.1, 0.15) is 0 Å². The van der Waals surface area contributed by atoms with Gasteiger partial charge in [0.05, 0.1) is 16.3 Å². The standard InChI is InChI=1S/C27H23N3O3S/c28-25-8-4-5-9-26(25)29-27(31)19-12-20-10-17-24(18-11-20)34(32,33)30-23-15-13-22(14-16-23)21-6-2-1-3-7-21/h1-19,30H,28H2,(H,29,31)/b19-12+. The van der Waals surface area contributed by atoms with Crippen molar-refractivity contribution in [2.45, 2.75) is 4.90 Å². The molecule has 4 aromatic carbocycles. The van der Waals surface area contributed by atoms with Gasteiger partial charge in [-0.3, -0.25) is 9.52 Å². The van der Waals surface area contributed by atoms with E-state index in [2.05, 4.69) is 10.0 Å². The van der Waals surface area contributed by atoms with E-state index in [4.69, 9.17) is 5.73 Å². The first kappa shape index (κ1) is 22.8. The monoisotopic (exact) mass is 469 g/mol. The van der Waals surface area contributed by atoms with Gasteiger partial charge in [0, 0.05) is 11.8 Å². The molecule has 4 rings (SSSR count). The van der Waals surface area contributed by atoms with Gasteiger partial charge in [-0.25, -0.2) is 8.42 Å². The maximum Gasteiger partial charge on any atom is 0.261 e. The molecule has 0 heterocycles. The Morgan fingerprint density at radius 1 is 0.735 bits per heavy atom. The van der Waals surface area contributed by atoms with E-state index in [1.807, 2.05) is 42.5 Å². The van der Waals surface area contributed by atoms with Gasteiger partial charge in [0.2, 0.25) is 5.91 Å². The Balaban J connectivity index is 1.40. The molecule has 4 N–H and O–H groups in total. The summed E-state index contributed by atoms with van der Waals surface area (Å²) in [4.78, 5) is 12.2. The molecular formula is C27H23N3O3S. The van der Waals surface area contributed by atoms with Crippen LogP contribution in [0.3, 0.4) is 0 Å². The van der Waals surface area contributed by atoms with E-state index in [9.17, 15) is 13.2 Å². The number of para-hydroxylation sites is 2. The summed E-state index contributed by atoms with van der Waals surface area (Å²) in [5, 5.41) is 2.70. The average molecular weight is 470 g/mol. The van der Waals surface area contributed by atoms with E-state index in [0.717, 1.165) is 11.1 Å². The lowest BCUT2D eigenvalue weighted by atomic mass is 10.1. The second-order valence-electron chi connectivity index (χ2n) is 7.53. The predicted molar refractivity (Wildman–Crippen MR) is 138 cm³/mol. The highest BCUT2D eigenvalue weighted by Crippen LogP contribution is 2.23. The third-order valence-electron chi connectivity index (χ3n) is 5.08. The second kappa shape index (κ2) is 10.1. The van der Waals surface area contributed by atoms with Crippen molar-refractivity contribution in [3.63, 3.8) is 0 Å². The number of carbonyl (C=O) groups excluding carboxylic acids is 1. The lowest BCUT2D eigenvalue weighted by molar-refractivity contribution is -0.111. The van der Waals surface area contributed by atoms with Crippen LogP contribution in [0.5, 0.6) is 0 Å². The molecular weight excluding hydrogens is 446 g/mol. The highest BCUT2D eigenvalue weighted by atomic mass is 32.2. The maximum atomic E-state index is 12.8. The quantitative estimate of drug-likeness (QED) is 0.250. The van der Waals surface area contributed by atoms with Crippen LogP contribution in [-0.4, -0.2) is 14.3 Å². The van der Waals surface area contributed by atoms with Crippen LogP contribution in [0.1, 0.15) is 5.56 Å². The third-order valence-corrected chi connectivity index (χ3v) is 6.48. The number of carbonyl (C=O) groups is 1. The lowest BCUT2D eigenvalue weighted by Crippen LogP contribution is -2.12. The van der Waals surface area contributed by atoms with Crippen LogP contribution in [-0.2, 0) is 14.8 Å². The molecule has 0 fully saturated rings. The summed E-state index contributed by atoms with van der Waals surface area (Å²) in [5.74, 6) is -0.338. The molecule has 0 aromatic heterocycles. The van der Waals surface area contributed by atoms with Crippen molar-refractivity contribution in [3.05, 3.63) is 115 Å². The number of hydrogen-bond acceptors (Lipinski definition) is 4. The van der Waals surface area contributed by atoms with Crippen molar-refractivity contribution >= 4 is 39.1 Å². The van der Waals surface area contributed by atoms with Crippen LogP contribution < -0.4 is 15.8 Å². The zero-order chi connectivity index (χ0) is 24.0. The molecule has 6 nitrogen and oxygen atoms in total. The lowest BCUT2D eigenvalue weighted by Gasteiger charge is -2.09. The fourth-order valence-electron chi connectivity index (χ4n) is 3.29. The SMILES string of the molecule is Nc1ccccc1NC(=O)/C=C/c1ccc(S(=O)(=O)Nc2ccc(-c3ccccc3)cc2)cc1. The summed E-state index contributed by atoms with van der Waals surface area (Å²) < 4.78 is 28.1. The molecule has 7 heteroatoms. The number of benzene rings is 4. The molecule has 0 spiro atoms. The largest absolute Gasteiger partial charge is 0.397 e. The van der Waals surface area contributed by atoms with Crippen LogP contribution in [0, 0.1) is 0 Å². The molecule has 0 bridgehead atoms. The van der Waals surface area contributed by atoms with Crippen molar-refractivity contribution in [1.29, 1.82) is 0 Å². The minimum atomic E-state index is -3.75. The molecule has 4 aromatic rings. The van der Waals surface area contributed by atoms with Crippen molar-refractivity contribution in [1.82, 2.24) is 0 Å². The molecule has 34 heavy (non-hydrogen) atoms. The summed E-state index contributed by atoms with van der Waals surface area (Å²) in [6.45, 7) is 0. The Kier molecular flexibility index (Phi) is 6.75. The van der Waals surface area contributed by atoms with Gasteiger partial charge in [0.15, 0.2) is 0 Å². The molecule has 0 radical (unpaired) electrons. The normalized spacial score (nSPS) is 11.3. The van der Waals surface area contributed by atoms with E-state index in [-0.39, 0.29) is 10.8 Å². The van der Waals surface area contributed by atoms with Crippen molar-refractivity contribution in [2.75, 3.05) is 15.8 Å². The summed E-state index contributed by atoms with van der Waals surface area (Å²) >= 11 is 0. The number of sulfonamides is 1. The fourth-order valence-corrected chi connectivity index (χ4v) is 4.35. The Morgan fingerprint density at radius 2 is 1.35 bits per heavy atom. The molecule has 0 saturated carbocycles. The second-order valence-corrected chi connectivity index (χ2v) is 9.21.